The van der Waals surface area contributed by atoms with Gasteiger partial charge in [-0.25, -0.2) is 8.42 Å². The van der Waals surface area contributed by atoms with Gasteiger partial charge in [-0.05, 0) is 50.1 Å². The van der Waals surface area contributed by atoms with E-state index in [1.165, 1.54) is 23.5 Å². The van der Waals surface area contributed by atoms with E-state index >= 15 is 0 Å². The first kappa shape index (κ1) is 23.6. The normalized spacial score (nSPS) is 13.0. The van der Waals surface area contributed by atoms with Crippen LogP contribution in [0.2, 0.25) is 0 Å². The van der Waals surface area contributed by atoms with E-state index in [-0.39, 0.29) is 28.3 Å². The molecule has 3 aromatic rings. The first-order valence-corrected chi connectivity index (χ1v) is 11.7. The van der Waals surface area contributed by atoms with Crippen LogP contribution in [0, 0.1) is 5.92 Å². The van der Waals surface area contributed by atoms with Crippen LogP contribution in [0.15, 0.2) is 58.2 Å². The number of rotatable bonds is 8. The highest BCUT2D eigenvalue weighted by Gasteiger charge is 2.27. The van der Waals surface area contributed by atoms with Gasteiger partial charge in [0.15, 0.2) is 0 Å². The Kier molecular flexibility index (Phi) is 7.05. The molecule has 0 spiro atoms. The molecule has 0 fully saturated rings. The minimum Gasteiger partial charge on any atom is -0.340 e. The second-order valence-corrected chi connectivity index (χ2v) is 10.0. The van der Waals surface area contributed by atoms with Gasteiger partial charge in [0.2, 0.25) is 21.7 Å². The number of hydrogen-bond donors (Lipinski definition) is 1. The van der Waals surface area contributed by atoms with Gasteiger partial charge in [-0.1, -0.05) is 25.1 Å². The van der Waals surface area contributed by atoms with Gasteiger partial charge in [-0.3, -0.25) is 9.78 Å². The molecule has 1 amide bonds. The molecule has 2 heterocycles. The molecule has 1 N–H and O–H groups in total. The molecule has 0 bridgehead atoms. The largest absolute Gasteiger partial charge is 0.340 e. The summed E-state index contributed by atoms with van der Waals surface area (Å²) in [6.07, 6.45) is 3.27. The summed E-state index contributed by atoms with van der Waals surface area (Å²) in [6.45, 7) is 7.39. The van der Waals surface area contributed by atoms with Crippen molar-refractivity contribution in [2.24, 2.45) is 5.92 Å². The van der Waals surface area contributed by atoms with E-state index in [1.54, 1.807) is 44.4 Å². The monoisotopic (exact) mass is 457 g/mol. The minimum atomic E-state index is -3.71. The van der Waals surface area contributed by atoms with Gasteiger partial charge >= 0.3 is 0 Å². The number of sulfonamides is 1. The van der Waals surface area contributed by atoms with Crippen molar-refractivity contribution in [3.63, 3.8) is 0 Å². The van der Waals surface area contributed by atoms with Crippen molar-refractivity contribution in [1.29, 1.82) is 0 Å². The lowest BCUT2D eigenvalue weighted by molar-refractivity contribution is 0.0913. The molecule has 9 nitrogen and oxygen atoms in total. The molecular weight excluding hydrogens is 430 g/mol. The molecule has 32 heavy (non-hydrogen) atoms. The van der Waals surface area contributed by atoms with Crippen molar-refractivity contribution in [1.82, 2.24) is 24.7 Å². The smallest absolute Gasteiger partial charge is 0.251 e. The summed E-state index contributed by atoms with van der Waals surface area (Å²) in [6, 6.07) is 8.77. The van der Waals surface area contributed by atoms with Crippen LogP contribution in [0.25, 0.3) is 11.4 Å². The van der Waals surface area contributed by atoms with Gasteiger partial charge in [0, 0.05) is 36.6 Å². The molecule has 1 aromatic carbocycles. The van der Waals surface area contributed by atoms with E-state index in [0.717, 1.165) is 0 Å². The van der Waals surface area contributed by atoms with E-state index in [0.29, 0.717) is 11.4 Å². The molecule has 0 saturated carbocycles. The standard InChI is InChI=1S/C22H27N5O4S/c1-14(2)19(22-25-20(26-31-22)17-9-7-11-23-13-17)24-21(28)16-8-6-10-18(12-16)32(29,30)27(5)15(3)4/h6-15,19H,1-5H3,(H,24,28). The van der Waals surface area contributed by atoms with E-state index in [2.05, 4.69) is 20.4 Å². The van der Waals surface area contributed by atoms with Crippen molar-refractivity contribution in [3.8, 4) is 11.4 Å². The molecule has 170 valence electrons. The first-order chi connectivity index (χ1) is 15.1. The second kappa shape index (κ2) is 9.58. The van der Waals surface area contributed by atoms with Crippen molar-refractivity contribution in [2.75, 3.05) is 7.05 Å². The zero-order valence-electron chi connectivity index (χ0n) is 18.7. The Morgan fingerprint density at radius 1 is 1.12 bits per heavy atom. The summed E-state index contributed by atoms with van der Waals surface area (Å²) in [4.78, 5) is 21.5. The molecule has 0 aliphatic heterocycles. The van der Waals surface area contributed by atoms with Crippen molar-refractivity contribution < 1.29 is 17.7 Å². The maximum atomic E-state index is 13.0. The van der Waals surface area contributed by atoms with Gasteiger partial charge in [-0.15, -0.1) is 0 Å². The van der Waals surface area contributed by atoms with Crippen molar-refractivity contribution in [2.45, 2.75) is 44.7 Å². The number of benzene rings is 1. The zero-order chi connectivity index (χ0) is 23.5. The number of nitrogens with zero attached hydrogens (tertiary/aromatic N) is 4. The lowest BCUT2D eigenvalue weighted by Crippen LogP contribution is -2.34. The molecule has 0 aliphatic rings. The Labute approximate surface area is 187 Å². The van der Waals surface area contributed by atoms with Crippen LogP contribution in [0.1, 0.15) is 50.0 Å². The summed E-state index contributed by atoms with van der Waals surface area (Å²) >= 11 is 0. The average molecular weight is 458 g/mol. The highest BCUT2D eigenvalue weighted by atomic mass is 32.2. The van der Waals surface area contributed by atoms with Crippen LogP contribution in [-0.4, -0.2) is 46.8 Å². The Morgan fingerprint density at radius 2 is 1.88 bits per heavy atom. The third-order valence-electron chi connectivity index (χ3n) is 5.08. The average Bonchev–Trinajstić information content (AvgIpc) is 3.27. The van der Waals surface area contributed by atoms with E-state index in [9.17, 15) is 13.2 Å². The molecule has 0 aliphatic carbocycles. The predicted octanol–water partition coefficient (Wildman–Crippen LogP) is 3.29. The number of pyridine rings is 1. The van der Waals surface area contributed by atoms with Crippen molar-refractivity contribution in [3.05, 3.63) is 60.2 Å². The SMILES string of the molecule is CC(C)C(NC(=O)c1cccc(S(=O)(=O)N(C)C(C)C)c1)c1nc(-c2cccnc2)no1. The van der Waals surface area contributed by atoms with Crippen LogP contribution in [0.4, 0.5) is 0 Å². The van der Waals surface area contributed by atoms with Crippen molar-refractivity contribution >= 4 is 15.9 Å². The lowest BCUT2D eigenvalue weighted by Gasteiger charge is -2.21. The number of hydrogen-bond acceptors (Lipinski definition) is 7. The fourth-order valence-electron chi connectivity index (χ4n) is 2.95. The third-order valence-corrected chi connectivity index (χ3v) is 7.11. The van der Waals surface area contributed by atoms with Gasteiger partial charge in [0.05, 0.1) is 4.90 Å². The van der Waals surface area contributed by atoms with E-state index in [1.807, 2.05) is 19.9 Å². The molecule has 0 saturated heterocycles. The Balaban J connectivity index is 1.84. The summed E-state index contributed by atoms with van der Waals surface area (Å²) in [5.74, 6) is 0.141. The molecule has 1 atom stereocenters. The Morgan fingerprint density at radius 3 is 2.50 bits per heavy atom. The van der Waals surface area contributed by atoms with E-state index < -0.39 is 22.0 Å². The van der Waals surface area contributed by atoms with Crippen LogP contribution in [0.3, 0.4) is 0 Å². The number of amides is 1. The molecule has 1 unspecified atom stereocenters. The third kappa shape index (κ3) is 5.03. The Bertz CT molecular complexity index is 1180. The highest BCUT2D eigenvalue weighted by molar-refractivity contribution is 7.89. The summed E-state index contributed by atoms with van der Waals surface area (Å²) in [5, 5.41) is 6.88. The molecule has 10 heteroatoms. The second-order valence-electron chi connectivity index (χ2n) is 8.04. The topological polar surface area (TPSA) is 118 Å². The fraction of sp³-hybridized carbons (Fsp3) is 0.364. The molecule has 2 aromatic heterocycles. The van der Waals surface area contributed by atoms with Crippen LogP contribution < -0.4 is 5.32 Å². The van der Waals surface area contributed by atoms with Gasteiger partial charge in [0.25, 0.3) is 5.91 Å². The van der Waals surface area contributed by atoms with Crippen LogP contribution >= 0.6 is 0 Å². The minimum absolute atomic E-state index is 0.0547. The molecule has 3 rings (SSSR count). The molecular formula is C22H27N5O4S. The number of carbonyl (C=O) groups is 1. The van der Waals surface area contributed by atoms with Gasteiger partial charge in [-0.2, -0.15) is 9.29 Å². The Hall–Kier alpha value is -3.11. The highest BCUT2D eigenvalue weighted by Crippen LogP contribution is 2.24. The van der Waals surface area contributed by atoms with Crippen LogP contribution in [-0.2, 0) is 10.0 Å². The maximum absolute atomic E-state index is 13.0. The summed E-state index contributed by atoms with van der Waals surface area (Å²) in [5.41, 5.74) is 0.921. The predicted molar refractivity (Wildman–Crippen MR) is 119 cm³/mol. The maximum Gasteiger partial charge on any atom is 0.251 e. The van der Waals surface area contributed by atoms with Crippen LogP contribution in [0.5, 0.6) is 0 Å². The van der Waals surface area contributed by atoms with Gasteiger partial charge < -0.3 is 9.84 Å². The quantitative estimate of drug-likeness (QED) is 0.551. The lowest BCUT2D eigenvalue weighted by atomic mass is 10.0. The first-order valence-electron chi connectivity index (χ1n) is 10.2. The summed E-state index contributed by atoms with van der Waals surface area (Å²) < 4.78 is 32.3. The van der Waals surface area contributed by atoms with Gasteiger partial charge in [0.1, 0.15) is 6.04 Å². The fourth-order valence-corrected chi connectivity index (χ4v) is 4.37. The molecule has 0 radical (unpaired) electrons. The number of carbonyl (C=O) groups excluding carboxylic acids is 1. The van der Waals surface area contributed by atoms with E-state index in [4.69, 9.17) is 4.52 Å². The summed E-state index contributed by atoms with van der Waals surface area (Å²) in [7, 11) is -2.20. The zero-order valence-corrected chi connectivity index (χ0v) is 19.5. The number of nitrogens with one attached hydrogen (secondary N) is 1. The number of aromatic nitrogens is 3.